The van der Waals surface area contributed by atoms with E-state index in [1.165, 1.54) is 12.2 Å². The average Bonchev–Trinajstić information content (AvgIpc) is 2.91. The molecule has 180 valence electrons. The minimum absolute atomic E-state index is 0.273. The molecule has 0 saturated heterocycles. The SMILES string of the molecule is O=C(/C=C/C(=O)N(Cc1ccccc1)c1ccc(Br)cc1)N(Cc1ccccc1)c1ccc(Br)cc1. The van der Waals surface area contributed by atoms with Gasteiger partial charge in [-0.1, -0.05) is 92.5 Å². The van der Waals surface area contributed by atoms with Crippen molar-refractivity contribution in [3.05, 3.63) is 141 Å². The van der Waals surface area contributed by atoms with E-state index in [1.807, 2.05) is 109 Å². The Kier molecular flexibility index (Phi) is 8.87. The molecule has 4 rings (SSSR count). The molecule has 0 N–H and O–H groups in total. The topological polar surface area (TPSA) is 40.6 Å². The smallest absolute Gasteiger partial charge is 0.251 e. The molecule has 0 heterocycles. The molecule has 0 aliphatic rings. The lowest BCUT2D eigenvalue weighted by Gasteiger charge is -2.23. The summed E-state index contributed by atoms with van der Waals surface area (Å²) in [5, 5.41) is 0. The Bertz CT molecular complexity index is 1220. The zero-order chi connectivity index (χ0) is 25.3. The monoisotopic (exact) mass is 602 g/mol. The minimum atomic E-state index is -0.273. The third kappa shape index (κ3) is 7.03. The summed E-state index contributed by atoms with van der Waals surface area (Å²) >= 11 is 6.89. The Morgan fingerprint density at radius 2 is 0.861 bits per heavy atom. The minimum Gasteiger partial charge on any atom is -0.304 e. The molecule has 0 aliphatic carbocycles. The van der Waals surface area contributed by atoms with E-state index in [9.17, 15) is 9.59 Å². The van der Waals surface area contributed by atoms with E-state index in [2.05, 4.69) is 31.9 Å². The average molecular weight is 604 g/mol. The van der Waals surface area contributed by atoms with E-state index in [4.69, 9.17) is 0 Å². The second kappa shape index (κ2) is 12.5. The van der Waals surface area contributed by atoms with Gasteiger partial charge in [0.05, 0.1) is 13.1 Å². The molecule has 0 bridgehead atoms. The molecular weight excluding hydrogens is 580 g/mol. The highest BCUT2D eigenvalue weighted by Crippen LogP contribution is 2.23. The molecule has 0 aromatic heterocycles. The first-order valence-electron chi connectivity index (χ1n) is 11.4. The van der Waals surface area contributed by atoms with Gasteiger partial charge in [-0.3, -0.25) is 9.59 Å². The fourth-order valence-electron chi connectivity index (χ4n) is 3.69. The molecule has 36 heavy (non-hydrogen) atoms. The van der Waals surface area contributed by atoms with Gasteiger partial charge >= 0.3 is 0 Å². The first kappa shape index (κ1) is 25.6. The van der Waals surface area contributed by atoms with Crippen LogP contribution in [0.3, 0.4) is 0 Å². The zero-order valence-electron chi connectivity index (χ0n) is 19.4. The Morgan fingerprint density at radius 3 is 1.19 bits per heavy atom. The van der Waals surface area contributed by atoms with Crippen LogP contribution in [0.15, 0.2) is 130 Å². The predicted octanol–water partition coefficient (Wildman–Crippen LogP) is 7.53. The van der Waals surface area contributed by atoms with Crippen molar-refractivity contribution in [2.75, 3.05) is 9.80 Å². The summed E-state index contributed by atoms with van der Waals surface area (Å²) in [4.78, 5) is 30.0. The van der Waals surface area contributed by atoms with Crippen molar-refractivity contribution in [1.82, 2.24) is 0 Å². The van der Waals surface area contributed by atoms with Crippen LogP contribution in [0, 0.1) is 0 Å². The molecule has 4 nitrogen and oxygen atoms in total. The second-order valence-electron chi connectivity index (χ2n) is 8.11. The number of carbonyl (C=O) groups excluding carboxylic acids is 2. The molecule has 4 aromatic rings. The number of anilines is 2. The molecule has 4 aromatic carbocycles. The highest BCUT2D eigenvalue weighted by atomic mass is 79.9. The van der Waals surface area contributed by atoms with Crippen LogP contribution >= 0.6 is 31.9 Å². The molecule has 0 aliphatic heterocycles. The highest BCUT2D eigenvalue weighted by molar-refractivity contribution is 9.10. The maximum atomic E-state index is 13.3. The first-order valence-corrected chi connectivity index (χ1v) is 13.0. The number of hydrogen-bond donors (Lipinski definition) is 0. The van der Waals surface area contributed by atoms with E-state index >= 15 is 0 Å². The number of rotatable bonds is 8. The van der Waals surface area contributed by atoms with E-state index in [0.29, 0.717) is 13.1 Å². The second-order valence-corrected chi connectivity index (χ2v) is 9.94. The fraction of sp³-hybridized carbons (Fsp3) is 0.0667. The number of hydrogen-bond acceptors (Lipinski definition) is 2. The predicted molar refractivity (Wildman–Crippen MR) is 153 cm³/mol. The van der Waals surface area contributed by atoms with Crippen LogP contribution in [0.25, 0.3) is 0 Å². The quantitative estimate of drug-likeness (QED) is 0.195. The lowest BCUT2D eigenvalue weighted by Crippen LogP contribution is -2.31. The fourth-order valence-corrected chi connectivity index (χ4v) is 4.22. The zero-order valence-corrected chi connectivity index (χ0v) is 22.6. The van der Waals surface area contributed by atoms with E-state index < -0.39 is 0 Å². The number of carbonyl (C=O) groups is 2. The van der Waals surface area contributed by atoms with Crippen molar-refractivity contribution < 1.29 is 9.59 Å². The van der Waals surface area contributed by atoms with Gasteiger partial charge in [0.1, 0.15) is 0 Å². The van der Waals surface area contributed by atoms with Gasteiger partial charge in [-0.25, -0.2) is 0 Å². The van der Waals surface area contributed by atoms with Gasteiger partial charge in [0, 0.05) is 32.5 Å². The lowest BCUT2D eigenvalue weighted by atomic mass is 10.1. The van der Waals surface area contributed by atoms with Crippen LogP contribution in [0.1, 0.15) is 11.1 Å². The molecular formula is C30H24Br2N2O2. The molecule has 0 spiro atoms. The Labute approximate surface area is 228 Å². The van der Waals surface area contributed by atoms with Crippen LogP contribution in [-0.2, 0) is 22.7 Å². The summed E-state index contributed by atoms with van der Waals surface area (Å²) in [7, 11) is 0. The lowest BCUT2D eigenvalue weighted by molar-refractivity contribution is -0.116. The Hall–Kier alpha value is -3.48. The van der Waals surface area contributed by atoms with E-state index in [-0.39, 0.29) is 11.8 Å². The molecule has 0 unspecified atom stereocenters. The number of amides is 2. The number of benzene rings is 4. The van der Waals surface area contributed by atoms with Crippen molar-refractivity contribution in [1.29, 1.82) is 0 Å². The maximum Gasteiger partial charge on any atom is 0.251 e. The highest BCUT2D eigenvalue weighted by Gasteiger charge is 2.17. The molecule has 0 saturated carbocycles. The Balaban J connectivity index is 1.59. The van der Waals surface area contributed by atoms with Gasteiger partial charge in [-0.2, -0.15) is 0 Å². The molecule has 2 amide bonds. The van der Waals surface area contributed by atoms with Crippen LogP contribution in [0.4, 0.5) is 11.4 Å². The number of halogens is 2. The van der Waals surface area contributed by atoms with Gasteiger partial charge in [-0.15, -0.1) is 0 Å². The first-order chi connectivity index (χ1) is 17.5. The van der Waals surface area contributed by atoms with E-state index in [1.54, 1.807) is 9.80 Å². The summed E-state index contributed by atoms with van der Waals surface area (Å²) in [6, 6.07) is 34.6. The normalized spacial score (nSPS) is 10.8. The van der Waals surface area contributed by atoms with E-state index in [0.717, 1.165) is 31.4 Å². The molecule has 0 radical (unpaired) electrons. The molecule has 6 heteroatoms. The van der Waals surface area contributed by atoms with Crippen molar-refractivity contribution in [3.8, 4) is 0 Å². The van der Waals surface area contributed by atoms with Crippen molar-refractivity contribution in [2.24, 2.45) is 0 Å². The summed E-state index contributed by atoms with van der Waals surface area (Å²) in [6.07, 6.45) is 2.70. The Morgan fingerprint density at radius 1 is 0.528 bits per heavy atom. The van der Waals surface area contributed by atoms with Gasteiger partial charge in [0.2, 0.25) is 0 Å². The largest absolute Gasteiger partial charge is 0.304 e. The summed E-state index contributed by atoms with van der Waals surface area (Å²) in [6.45, 7) is 0.778. The summed E-state index contributed by atoms with van der Waals surface area (Å²) in [5.41, 5.74) is 3.49. The standard InChI is InChI=1S/C30H24Br2N2O2/c31-25-11-15-27(16-12-25)33(21-23-7-3-1-4-8-23)29(35)19-20-30(36)34(22-24-9-5-2-6-10-24)28-17-13-26(32)14-18-28/h1-20H,21-22H2/b20-19+. The number of nitrogens with zero attached hydrogens (tertiary/aromatic N) is 2. The van der Waals surface area contributed by atoms with Crippen molar-refractivity contribution in [2.45, 2.75) is 13.1 Å². The van der Waals surface area contributed by atoms with Crippen molar-refractivity contribution in [3.63, 3.8) is 0 Å². The molecule has 0 fully saturated rings. The van der Waals surface area contributed by atoms with Gasteiger partial charge in [-0.05, 0) is 59.7 Å². The van der Waals surface area contributed by atoms with Gasteiger partial charge < -0.3 is 9.80 Å². The third-order valence-corrected chi connectivity index (χ3v) is 6.60. The molecule has 0 atom stereocenters. The van der Waals surface area contributed by atoms with Crippen molar-refractivity contribution >= 4 is 55.0 Å². The third-order valence-electron chi connectivity index (χ3n) is 5.54. The van der Waals surface area contributed by atoms with Gasteiger partial charge in [0.15, 0.2) is 0 Å². The van der Waals surface area contributed by atoms with Crippen LogP contribution in [0.2, 0.25) is 0 Å². The van der Waals surface area contributed by atoms with Gasteiger partial charge in [0.25, 0.3) is 11.8 Å². The van der Waals surface area contributed by atoms with Crippen LogP contribution in [-0.4, -0.2) is 11.8 Å². The summed E-state index contributed by atoms with van der Waals surface area (Å²) < 4.78 is 1.85. The van der Waals surface area contributed by atoms with Crippen LogP contribution < -0.4 is 9.80 Å². The van der Waals surface area contributed by atoms with Crippen LogP contribution in [0.5, 0.6) is 0 Å². The summed E-state index contributed by atoms with van der Waals surface area (Å²) in [5.74, 6) is -0.546. The maximum absolute atomic E-state index is 13.3.